The Hall–Kier alpha value is -0.0400. The lowest BCUT2D eigenvalue weighted by Crippen LogP contribution is -2.52. The second-order valence-electron chi connectivity index (χ2n) is 6.01. The number of nitrogens with zero attached hydrogens (tertiary/aromatic N) is 1. The van der Waals surface area contributed by atoms with Crippen molar-refractivity contribution in [1.82, 2.24) is 4.90 Å². The van der Waals surface area contributed by atoms with Crippen LogP contribution in [-0.2, 0) is 0 Å². The summed E-state index contributed by atoms with van der Waals surface area (Å²) < 4.78 is 0. The van der Waals surface area contributed by atoms with Gasteiger partial charge in [-0.05, 0) is 30.2 Å². The van der Waals surface area contributed by atoms with Gasteiger partial charge >= 0.3 is 0 Å². The number of rotatable bonds is 3. The lowest BCUT2D eigenvalue weighted by atomic mass is 9.76. The molecule has 1 aliphatic heterocycles. The summed E-state index contributed by atoms with van der Waals surface area (Å²) in [6.45, 7) is 15.7. The van der Waals surface area contributed by atoms with Gasteiger partial charge in [-0.1, -0.05) is 34.6 Å². The molecule has 1 heteroatoms. The summed E-state index contributed by atoms with van der Waals surface area (Å²) >= 11 is 0. The van der Waals surface area contributed by atoms with Crippen LogP contribution >= 0.6 is 0 Å². The van der Waals surface area contributed by atoms with E-state index in [1.54, 1.807) is 0 Å². The molecule has 1 nitrogen and oxygen atoms in total. The minimum absolute atomic E-state index is 0.522. The Balaban J connectivity index is 2.12. The first-order valence-corrected chi connectivity index (χ1v) is 5.62. The Morgan fingerprint density at radius 2 is 1.77 bits per heavy atom. The Labute approximate surface area is 83.5 Å². The molecule has 13 heavy (non-hydrogen) atoms. The van der Waals surface area contributed by atoms with Gasteiger partial charge in [0.2, 0.25) is 0 Å². The second kappa shape index (κ2) is 4.00. The zero-order valence-corrected chi connectivity index (χ0v) is 9.93. The van der Waals surface area contributed by atoms with Gasteiger partial charge < -0.3 is 4.90 Å². The Morgan fingerprint density at radius 3 is 2.15 bits per heavy atom. The van der Waals surface area contributed by atoms with Crippen LogP contribution in [0.5, 0.6) is 0 Å². The molecule has 0 aliphatic carbocycles. The fourth-order valence-electron chi connectivity index (χ4n) is 1.74. The minimum Gasteiger partial charge on any atom is -0.303 e. The van der Waals surface area contributed by atoms with Gasteiger partial charge in [-0.15, -0.1) is 0 Å². The molecule has 0 unspecified atom stereocenters. The van der Waals surface area contributed by atoms with Crippen molar-refractivity contribution < 1.29 is 0 Å². The normalized spacial score (nSPS) is 20.8. The van der Waals surface area contributed by atoms with Crippen molar-refractivity contribution in [2.45, 2.75) is 41.0 Å². The summed E-state index contributed by atoms with van der Waals surface area (Å²) in [4.78, 5) is 2.59. The van der Waals surface area contributed by atoms with Crippen LogP contribution in [-0.4, -0.2) is 24.5 Å². The van der Waals surface area contributed by atoms with Crippen molar-refractivity contribution in [3.05, 3.63) is 0 Å². The average Bonchev–Trinajstić information content (AvgIpc) is 1.79. The maximum atomic E-state index is 2.59. The molecule has 0 bridgehead atoms. The number of likely N-dealkylation sites (tertiary alicyclic amines) is 1. The molecule has 0 aromatic rings. The smallest absolute Gasteiger partial charge is 0.00270 e. The Kier molecular flexibility index (Phi) is 3.39. The first kappa shape index (κ1) is 11.0. The molecule has 78 valence electrons. The topological polar surface area (TPSA) is 3.24 Å². The van der Waals surface area contributed by atoms with Gasteiger partial charge in [0.25, 0.3) is 0 Å². The van der Waals surface area contributed by atoms with Crippen LogP contribution in [0.4, 0.5) is 0 Å². The molecule has 0 aromatic carbocycles. The highest BCUT2D eigenvalue weighted by atomic mass is 15.2. The first-order chi connectivity index (χ1) is 5.89. The van der Waals surface area contributed by atoms with Gasteiger partial charge in [0.05, 0.1) is 0 Å². The highest BCUT2D eigenvalue weighted by Gasteiger charge is 2.34. The molecular formula is C12H25N. The van der Waals surface area contributed by atoms with Crippen molar-refractivity contribution in [1.29, 1.82) is 0 Å². The standard InChI is InChI=1S/C12H25N/c1-10(2)6-7-13-8-11(9-13)12(3,4)5/h10-11H,6-9H2,1-5H3. The zero-order valence-electron chi connectivity index (χ0n) is 9.93. The monoisotopic (exact) mass is 183 g/mol. The van der Waals surface area contributed by atoms with E-state index in [0.717, 1.165) is 11.8 Å². The summed E-state index contributed by atoms with van der Waals surface area (Å²) in [5, 5.41) is 0. The van der Waals surface area contributed by atoms with E-state index in [1.165, 1.54) is 26.1 Å². The van der Waals surface area contributed by atoms with E-state index >= 15 is 0 Å². The molecule has 0 spiro atoms. The van der Waals surface area contributed by atoms with E-state index in [0.29, 0.717) is 5.41 Å². The zero-order chi connectivity index (χ0) is 10.1. The van der Waals surface area contributed by atoms with Gasteiger partial charge in [0, 0.05) is 13.1 Å². The Morgan fingerprint density at radius 1 is 1.23 bits per heavy atom. The number of hydrogen-bond donors (Lipinski definition) is 0. The van der Waals surface area contributed by atoms with Crippen LogP contribution in [0.2, 0.25) is 0 Å². The molecule has 1 heterocycles. The van der Waals surface area contributed by atoms with Crippen molar-refractivity contribution >= 4 is 0 Å². The molecular weight excluding hydrogens is 158 g/mol. The van der Waals surface area contributed by atoms with E-state index in [4.69, 9.17) is 0 Å². The lowest BCUT2D eigenvalue weighted by molar-refractivity contribution is 0.0221. The minimum atomic E-state index is 0.522. The third-order valence-corrected chi connectivity index (χ3v) is 3.20. The van der Waals surface area contributed by atoms with Crippen molar-refractivity contribution in [3.63, 3.8) is 0 Å². The largest absolute Gasteiger partial charge is 0.303 e. The molecule has 1 fully saturated rings. The summed E-state index contributed by atoms with van der Waals surface area (Å²) in [5.41, 5.74) is 0.522. The quantitative estimate of drug-likeness (QED) is 0.650. The molecule has 1 rings (SSSR count). The van der Waals surface area contributed by atoms with E-state index < -0.39 is 0 Å². The molecule has 1 saturated heterocycles. The van der Waals surface area contributed by atoms with Crippen molar-refractivity contribution in [3.8, 4) is 0 Å². The van der Waals surface area contributed by atoms with Crippen LogP contribution in [0.25, 0.3) is 0 Å². The molecule has 0 radical (unpaired) electrons. The maximum absolute atomic E-state index is 2.59. The predicted octanol–water partition coefficient (Wildman–Crippen LogP) is 3.01. The molecule has 0 saturated carbocycles. The van der Waals surface area contributed by atoms with Crippen molar-refractivity contribution in [2.24, 2.45) is 17.3 Å². The van der Waals surface area contributed by atoms with Gasteiger partial charge in [-0.25, -0.2) is 0 Å². The SMILES string of the molecule is CC(C)CCN1CC(C(C)(C)C)C1. The van der Waals surface area contributed by atoms with Crippen LogP contribution in [0, 0.1) is 17.3 Å². The molecule has 0 amide bonds. The molecule has 1 aliphatic rings. The van der Waals surface area contributed by atoms with Crippen LogP contribution in [0.3, 0.4) is 0 Å². The van der Waals surface area contributed by atoms with Gasteiger partial charge in [0.1, 0.15) is 0 Å². The van der Waals surface area contributed by atoms with E-state index in [-0.39, 0.29) is 0 Å². The van der Waals surface area contributed by atoms with E-state index in [9.17, 15) is 0 Å². The summed E-state index contributed by atoms with van der Waals surface area (Å²) in [5.74, 6) is 1.79. The Bertz CT molecular complexity index is 149. The highest BCUT2D eigenvalue weighted by Crippen LogP contribution is 2.33. The first-order valence-electron chi connectivity index (χ1n) is 5.62. The van der Waals surface area contributed by atoms with Gasteiger partial charge in [-0.3, -0.25) is 0 Å². The van der Waals surface area contributed by atoms with Crippen LogP contribution in [0.15, 0.2) is 0 Å². The maximum Gasteiger partial charge on any atom is 0.00270 e. The predicted molar refractivity (Wildman–Crippen MR) is 58.8 cm³/mol. The second-order valence-corrected chi connectivity index (χ2v) is 6.01. The molecule has 0 aromatic heterocycles. The third kappa shape index (κ3) is 3.30. The molecule has 0 atom stereocenters. The number of hydrogen-bond acceptors (Lipinski definition) is 1. The van der Waals surface area contributed by atoms with E-state index in [2.05, 4.69) is 39.5 Å². The van der Waals surface area contributed by atoms with Crippen LogP contribution < -0.4 is 0 Å². The third-order valence-electron chi connectivity index (χ3n) is 3.20. The fraction of sp³-hybridized carbons (Fsp3) is 1.00. The fourth-order valence-corrected chi connectivity index (χ4v) is 1.74. The van der Waals surface area contributed by atoms with Gasteiger partial charge in [-0.2, -0.15) is 0 Å². The van der Waals surface area contributed by atoms with Crippen molar-refractivity contribution in [2.75, 3.05) is 19.6 Å². The summed E-state index contributed by atoms with van der Waals surface area (Å²) in [7, 11) is 0. The van der Waals surface area contributed by atoms with Gasteiger partial charge in [0.15, 0.2) is 0 Å². The van der Waals surface area contributed by atoms with E-state index in [1.807, 2.05) is 0 Å². The highest BCUT2D eigenvalue weighted by molar-refractivity contribution is 4.87. The molecule has 0 N–H and O–H groups in total. The summed E-state index contributed by atoms with van der Waals surface area (Å²) in [6.07, 6.45) is 1.36. The lowest BCUT2D eigenvalue weighted by Gasteiger charge is -2.46. The van der Waals surface area contributed by atoms with Crippen LogP contribution in [0.1, 0.15) is 41.0 Å². The summed E-state index contributed by atoms with van der Waals surface area (Å²) in [6, 6.07) is 0. The average molecular weight is 183 g/mol.